The summed E-state index contributed by atoms with van der Waals surface area (Å²) in [6, 6.07) is 6.85. The van der Waals surface area contributed by atoms with E-state index in [2.05, 4.69) is 4.98 Å². The Morgan fingerprint density at radius 2 is 2.08 bits per heavy atom. The highest BCUT2D eigenvalue weighted by Crippen LogP contribution is 2.38. The fourth-order valence-electron chi connectivity index (χ4n) is 3.30. The summed E-state index contributed by atoms with van der Waals surface area (Å²) >= 11 is 1.56. The SMILES string of the molecule is COc1ccc(C(=O)Cn2c(=O)nc(N)c3c4c(sc32)CCC4)cc1. The van der Waals surface area contributed by atoms with Crippen molar-refractivity contribution in [3.63, 3.8) is 0 Å². The number of hydrogen-bond acceptors (Lipinski definition) is 6. The average Bonchev–Trinajstić information content (AvgIpc) is 3.19. The zero-order valence-corrected chi connectivity index (χ0v) is 14.6. The van der Waals surface area contributed by atoms with Crippen molar-refractivity contribution in [3.8, 4) is 5.75 Å². The monoisotopic (exact) mass is 355 g/mol. The van der Waals surface area contributed by atoms with Crippen LogP contribution in [0.3, 0.4) is 0 Å². The van der Waals surface area contributed by atoms with E-state index in [9.17, 15) is 9.59 Å². The molecule has 0 saturated carbocycles. The summed E-state index contributed by atoms with van der Waals surface area (Å²) in [4.78, 5) is 30.9. The number of hydrogen-bond donors (Lipinski definition) is 1. The Labute approximate surface area is 147 Å². The summed E-state index contributed by atoms with van der Waals surface area (Å²) in [5, 5.41) is 0.847. The predicted molar refractivity (Wildman–Crippen MR) is 97.6 cm³/mol. The van der Waals surface area contributed by atoms with Crippen LogP contribution in [0.5, 0.6) is 5.75 Å². The largest absolute Gasteiger partial charge is 0.497 e. The molecule has 0 fully saturated rings. The van der Waals surface area contributed by atoms with Crippen LogP contribution in [0, 0.1) is 0 Å². The van der Waals surface area contributed by atoms with E-state index in [-0.39, 0.29) is 18.1 Å². The lowest BCUT2D eigenvalue weighted by atomic mass is 10.1. The van der Waals surface area contributed by atoms with Crippen LogP contribution < -0.4 is 16.2 Å². The second-order valence-electron chi connectivity index (χ2n) is 6.05. The minimum Gasteiger partial charge on any atom is -0.497 e. The first-order valence-electron chi connectivity index (χ1n) is 8.06. The van der Waals surface area contributed by atoms with Gasteiger partial charge in [-0.25, -0.2) is 4.79 Å². The highest BCUT2D eigenvalue weighted by atomic mass is 32.1. The van der Waals surface area contributed by atoms with Gasteiger partial charge >= 0.3 is 5.69 Å². The number of benzene rings is 1. The first-order chi connectivity index (χ1) is 12.1. The van der Waals surface area contributed by atoms with E-state index in [1.807, 2.05) is 0 Å². The third-order valence-corrected chi connectivity index (χ3v) is 5.88. The smallest absolute Gasteiger partial charge is 0.351 e. The number of aromatic nitrogens is 2. The number of nitrogens with two attached hydrogens (primary N) is 1. The van der Waals surface area contributed by atoms with Crippen molar-refractivity contribution < 1.29 is 9.53 Å². The van der Waals surface area contributed by atoms with Crippen molar-refractivity contribution in [2.75, 3.05) is 12.8 Å². The van der Waals surface area contributed by atoms with Gasteiger partial charge in [-0.1, -0.05) is 0 Å². The molecule has 128 valence electrons. The van der Waals surface area contributed by atoms with Crippen LogP contribution in [0.15, 0.2) is 29.1 Å². The minimum absolute atomic E-state index is 0.0473. The average molecular weight is 355 g/mol. The number of thiophene rings is 1. The molecule has 0 spiro atoms. The van der Waals surface area contributed by atoms with Gasteiger partial charge in [0.25, 0.3) is 0 Å². The molecule has 0 radical (unpaired) electrons. The lowest BCUT2D eigenvalue weighted by molar-refractivity contribution is 0.0972. The number of carbonyl (C=O) groups is 1. The third kappa shape index (κ3) is 2.60. The molecule has 0 bridgehead atoms. The van der Waals surface area contributed by atoms with Gasteiger partial charge in [-0.3, -0.25) is 9.36 Å². The number of anilines is 1. The third-order valence-electron chi connectivity index (χ3n) is 4.56. The lowest BCUT2D eigenvalue weighted by Crippen LogP contribution is -2.27. The number of ether oxygens (including phenoxy) is 1. The summed E-state index contributed by atoms with van der Waals surface area (Å²) in [7, 11) is 1.57. The summed E-state index contributed by atoms with van der Waals surface area (Å²) in [6.07, 6.45) is 3.04. The number of Topliss-reactive ketones (excluding diaryl/α,β-unsaturated/α-hetero) is 1. The van der Waals surface area contributed by atoms with E-state index < -0.39 is 5.69 Å². The van der Waals surface area contributed by atoms with Gasteiger partial charge < -0.3 is 10.5 Å². The van der Waals surface area contributed by atoms with Gasteiger partial charge in [-0.15, -0.1) is 11.3 Å². The summed E-state index contributed by atoms with van der Waals surface area (Å²) in [5.74, 6) is 0.804. The Morgan fingerprint density at radius 3 is 2.80 bits per heavy atom. The summed E-state index contributed by atoms with van der Waals surface area (Å²) in [6.45, 7) is -0.0473. The maximum Gasteiger partial charge on any atom is 0.351 e. The zero-order valence-electron chi connectivity index (χ0n) is 13.7. The number of rotatable bonds is 4. The van der Waals surface area contributed by atoms with Crippen LogP contribution in [0.4, 0.5) is 5.82 Å². The molecule has 0 aliphatic heterocycles. The van der Waals surface area contributed by atoms with Gasteiger partial charge in [0.05, 0.1) is 19.0 Å². The van der Waals surface area contributed by atoms with Crippen molar-refractivity contribution in [3.05, 3.63) is 50.8 Å². The zero-order chi connectivity index (χ0) is 17.6. The van der Waals surface area contributed by atoms with Crippen LogP contribution >= 0.6 is 11.3 Å². The van der Waals surface area contributed by atoms with Crippen LogP contribution in [0.25, 0.3) is 10.2 Å². The quantitative estimate of drug-likeness (QED) is 0.726. The maximum absolute atomic E-state index is 12.6. The second kappa shape index (κ2) is 6.00. The van der Waals surface area contributed by atoms with Gasteiger partial charge in [-0.05, 0) is 49.1 Å². The van der Waals surface area contributed by atoms with E-state index in [0.717, 1.165) is 29.5 Å². The molecule has 0 amide bonds. The van der Waals surface area contributed by atoms with Gasteiger partial charge in [0, 0.05) is 10.4 Å². The lowest BCUT2D eigenvalue weighted by Gasteiger charge is -2.08. The first-order valence-corrected chi connectivity index (χ1v) is 8.88. The van der Waals surface area contributed by atoms with Crippen LogP contribution in [0.2, 0.25) is 0 Å². The molecule has 6 nitrogen and oxygen atoms in total. The number of nitrogens with zero attached hydrogens (tertiary/aromatic N) is 2. The van der Waals surface area contributed by atoms with Crippen LogP contribution in [-0.4, -0.2) is 22.4 Å². The summed E-state index contributed by atoms with van der Waals surface area (Å²) < 4.78 is 6.55. The highest BCUT2D eigenvalue weighted by Gasteiger charge is 2.23. The predicted octanol–water partition coefficient (Wildman–Crippen LogP) is 2.42. The van der Waals surface area contributed by atoms with Crippen LogP contribution in [0.1, 0.15) is 27.2 Å². The molecule has 1 aliphatic carbocycles. The van der Waals surface area contributed by atoms with Gasteiger partial charge in [0.2, 0.25) is 0 Å². The molecule has 2 heterocycles. The Kier molecular flexibility index (Phi) is 3.80. The molecule has 7 heteroatoms. The maximum atomic E-state index is 12.6. The molecule has 3 aromatic rings. The van der Waals surface area contributed by atoms with Crippen molar-refractivity contribution in [2.24, 2.45) is 0 Å². The molecular weight excluding hydrogens is 338 g/mol. The molecule has 1 aromatic carbocycles. The van der Waals surface area contributed by atoms with Gasteiger partial charge in [-0.2, -0.15) is 4.98 Å². The number of carbonyl (C=O) groups excluding carboxylic acids is 1. The standard InChI is InChI=1S/C18H17N3O3S/c1-24-11-7-5-10(6-8-11)13(22)9-21-17-15(16(19)20-18(21)23)12-3-2-4-14(12)25-17/h5-8H,2-4,9H2,1H3,(H2,19,20,23). The Bertz CT molecular complexity index is 1030. The molecule has 2 aromatic heterocycles. The van der Waals surface area contributed by atoms with E-state index in [0.29, 0.717) is 11.3 Å². The molecule has 0 atom stereocenters. The molecular formula is C18H17N3O3S. The van der Waals surface area contributed by atoms with Gasteiger partial charge in [0.15, 0.2) is 5.78 Å². The van der Waals surface area contributed by atoms with Crippen molar-refractivity contribution in [1.82, 2.24) is 9.55 Å². The molecule has 0 unspecified atom stereocenters. The molecule has 4 rings (SSSR count). The Hall–Kier alpha value is -2.67. The number of nitrogen functional groups attached to an aromatic ring is 1. The number of ketones is 1. The summed E-state index contributed by atoms with van der Waals surface area (Å²) in [5.41, 5.74) is 7.24. The molecule has 2 N–H and O–H groups in total. The Morgan fingerprint density at radius 1 is 1.32 bits per heavy atom. The minimum atomic E-state index is -0.480. The number of fused-ring (bicyclic) bond motifs is 3. The molecule has 0 saturated heterocycles. The van der Waals surface area contributed by atoms with E-state index >= 15 is 0 Å². The highest BCUT2D eigenvalue weighted by molar-refractivity contribution is 7.19. The number of aryl methyl sites for hydroxylation is 2. The normalized spacial score (nSPS) is 13.2. The second-order valence-corrected chi connectivity index (χ2v) is 7.14. The van der Waals surface area contributed by atoms with Crippen LogP contribution in [-0.2, 0) is 19.4 Å². The van der Waals surface area contributed by atoms with Gasteiger partial charge in [0.1, 0.15) is 16.4 Å². The number of methoxy groups -OCH3 is 1. The van der Waals surface area contributed by atoms with Crippen molar-refractivity contribution in [2.45, 2.75) is 25.8 Å². The van der Waals surface area contributed by atoms with E-state index in [4.69, 9.17) is 10.5 Å². The first kappa shape index (κ1) is 15.8. The Balaban J connectivity index is 1.76. The van der Waals surface area contributed by atoms with Crippen molar-refractivity contribution >= 4 is 33.2 Å². The molecule has 25 heavy (non-hydrogen) atoms. The van der Waals surface area contributed by atoms with E-state index in [1.54, 1.807) is 42.7 Å². The topological polar surface area (TPSA) is 87.2 Å². The fraction of sp³-hybridized carbons (Fsp3) is 0.278. The van der Waals surface area contributed by atoms with Crippen molar-refractivity contribution in [1.29, 1.82) is 0 Å². The fourth-order valence-corrected chi connectivity index (χ4v) is 4.69. The van der Waals surface area contributed by atoms with E-state index in [1.165, 1.54) is 15.0 Å². The molecule has 1 aliphatic rings.